The highest BCUT2D eigenvalue weighted by atomic mass is 16.5. The van der Waals surface area contributed by atoms with E-state index in [1.165, 1.54) is 6.08 Å². The molecule has 2 rings (SSSR count). The van der Waals surface area contributed by atoms with Crippen LogP contribution in [0.15, 0.2) is 28.9 Å². The molecule has 0 unspecified atom stereocenters. The first-order valence-corrected chi connectivity index (χ1v) is 4.08. The molecule has 1 aliphatic rings. The van der Waals surface area contributed by atoms with Crippen LogP contribution in [0.4, 0.5) is 0 Å². The molecular formula is C10H10O3. The van der Waals surface area contributed by atoms with Gasteiger partial charge in [0.2, 0.25) is 5.78 Å². The van der Waals surface area contributed by atoms with Crippen molar-refractivity contribution in [2.75, 3.05) is 0 Å². The van der Waals surface area contributed by atoms with Crippen LogP contribution in [-0.2, 0) is 9.53 Å². The predicted octanol–water partition coefficient (Wildman–Crippen LogP) is 2.00. The summed E-state index contributed by atoms with van der Waals surface area (Å²) in [6.45, 7) is 3.48. The molecule has 0 saturated carbocycles. The number of ether oxygens (including phenoxy) is 1. The van der Waals surface area contributed by atoms with E-state index < -0.39 is 5.60 Å². The molecule has 3 nitrogen and oxygen atoms in total. The Kier molecular flexibility index (Phi) is 1.55. The van der Waals surface area contributed by atoms with Crippen LogP contribution in [0.5, 0.6) is 0 Å². The lowest BCUT2D eigenvalue weighted by atomic mass is 10.1. The Balaban J connectivity index is 2.32. The molecular weight excluding hydrogens is 168 g/mol. The van der Waals surface area contributed by atoms with Gasteiger partial charge >= 0.3 is 0 Å². The highest BCUT2D eigenvalue weighted by molar-refractivity contribution is 6.04. The fourth-order valence-corrected chi connectivity index (χ4v) is 1.19. The molecule has 0 amide bonds. The molecule has 1 aliphatic heterocycles. The number of hydrogen-bond donors (Lipinski definition) is 0. The first-order chi connectivity index (χ1) is 6.09. The van der Waals surface area contributed by atoms with Gasteiger partial charge < -0.3 is 9.15 Å². The summed E-state index contributed by atoms with van der Waals surface area (Å²) in [6.07, 6.45) is 3.02. The zero-order valence-corrected chi connectivity index (χ0v) is 7.53. The van der Waals surface area contributed by atoms with E-state index in [0.29, 0.717) is 11.5 Å². The summed E-state index contributed by atoms with van der Waals surface area (Å²) in [4.78, 5) is 11.4. The summed E-state index contributed by atoms with van der Waals surface area (Å²) < 4.78 is 10.5. The van der Waals surface area contributed by atoms with Crippen molar-refractivity contribution in [3.8, 4) is 0 Å². The zero-order valence-electron chi connectivity index (χ0n) is 7.53. The number of furan rings is 1. The molecule has 1 aromatic heterocycles. The van der Waals surface area contributed by atoms with Crippen LogP contribution in [-0.4, -0.2) is 11.4 Å². The quantitative estimate of drug-likeness (QED) is 0.660. The van der Waals surface area contributed by atoms with Crippen molar-refractivity contribution >= 4 is 11.5 Å². The van der Waals surface area contributed by atoms with Crippen molar-refractivity contribution in [2.24, 2.45) is 0 Å². The fourth-order valence-electron chi connectivity index (χ4n) is 1.19. The second-order valence-corrected chi connectivity index (χ2v) is 3.46. The van der Waals surface area contributed by atoms with Crippen molar-refractivity contribution in [3.05, 3.63) is 30.2 Å². The molecule has 0 aromatic carbocycles. The van der Waals surface area contributed by atoms with Crippen molar-refractivity contribution in [1.29, 1.82) is 0 Å². The minimum atomic E-state index is -0.748. The summed E-state index contributed by atoms with van der Waals surface area (Å²) >= 11 is 0. The third-order valence-electron chi connectivity index (χ3n) is 1.98. The molecule has 0 saturated heterocycles. The monoisotopic (exact) mass is 178 g/mol. The molecule has 2 heterocycles. The van der Waals surface area contributed by atoms with E-state index in [0.717, 1.165) is 0 Å². The first-order valence-electron chi connectivity index (χ1n) is 4.08. The Morgan fingerprint density at radius 2 is 2.15 bits per heavy atom. The summed E-state index contributed by atoms with van der Waals surface area (Å²) in [7, 11) is 0. The molecule has 3 heteroatoms. The van der Waals surface area contributed by atoms with Gasteiger partial charge in [-0.15, -0.1) is 0 Å². The van der Waals surface area contributed by atoms with Crippen molar-refractivity contribution in [1.82, 2.24) is 0 Å². The van der Waals surface area contributed by atoms with E-state index in [-0.39, 0.29) is 5.78 Å². The summed E-state index contributed by atoms with van der Waals surface area (Å²) in [5, 5.41) is 0. The maximum absolute atomic E-state index is 11.4. The van der Waals surface area contributed by atoms with Gasteiger partial charge in [0, 0.05) is 6.08 Å². The Labute approximate surface area is 76.0 Å². The van der Waals surface area contributed by atoms with Gasteiger partial charge in [-0.1, -0.05) is 0 Å². The minimum Gasteiger partial charge on any atom is -0.476 e. The average molecular weight is 178 g/mol. The van der Waals surface area contributed by atoms with Crippen LogP contribution in [0.25, 0.3) is 5.76 Å². The van der Waals surface area contributed by atoms with Crippen LogP contribution in [0.3, 0.4) is 0 Å². The average Bonchev–Trinajstić information content (AvgIpc) is 2.60. The van der Waals surface area contributed by atoms with Gasteiger partial charge in [0.05, 0.1) is 6.26 Å². The summed E-state index contributed by atoms with van der Waals surface area (Å²) in [6, 6.07) is 3.52. The second-order valence-electron chi connectivity index (χ2n) is 3.46. The molecule has 13 heavy (non-hydrogen) atoms. The van der Waals surface area contributed by atoms with Crippen LogP contribution in [0, 0.1) is 0 Å². The number of carbonyl (C=O) groups is 1. The molecule has 0 fully saturated rings. The van der Waals surface area contributed by atoms with Crippen LogP contribution in [0.1, 0.15) is 19.6 Å². The second kappa shape index (κ2) is 2.49. The van der Waals surface area contributed by atoms with Gasteiger partial charge in [0.1, 0.15) is 0 Å². The first kappa shape index (κ1) is 8.10. The molecule has 0 bridgehead atoms. The summed E-state index contributed by atoms with van der Waals surface area (Å²) in [5.41, 5.74) is -0.748. The molecule has 0 radical (unpaired) electrons. The van der Waals surface area contributed by atoms with Crippen molar-refractivity contribution in [2.45, 2.75) is 19.4 Å². The SMILES string of the molecule is CC1(C)OC(c2ccco2)=CC1=O. The lowest BCUT2D eigenvalue weighted by Crippen LogP contribution is -2.27. The Morgan fingerprint density at radius 3 is 2.62 bits per heavy atom. The lowest BCUT2D eigenvalue weighted by Gasteiger charge is -2.16. The van der Waals surface area contributed by atoms with Gasteiger partial charge in [-0.3, -0.25) is 4.79 Å². The minimum absolute atomic E-state index is 0.0288. The smallest absolute Gasteiger partial charge is 0.202 e. The molecule has 0 N–H and O–H groups in total. The van der Waals surface area contributed by atoms with Crippen LogP contribution < -0.4 is 0 Å². The van der Waals surface area contributed by atoms with Gasteiger partial charge in [0.15, 0.2) is 17.1 Å². The van der Waals surface area contributed by atoms with Crippen LogP contribution in [0.2, 0.25) is 0 Å². The number of carbonyl (C=O) groups excluding carboxylic acids is 1. The van der Waals surface area contributed by atoms with E-state index in [4.69, 9.17) is 9.15 Å². The number of hydrogen-bond acceptors (Lipinski definition) is 3. The van der Waals surface area contributed by atoms with E-state index in [2.05, 4.69) is 0 Å². The Morgan fingerprint density at radius 1 is 1.38 bits per heavy atom. The topological polar surface area (TPSA) is 39.4 Å². The lowest BCUT2D eigenvalue weighted by molar-refractivity contribution is -0.125. The largest absolute Gasteiger partial charge is 0.476 e. The van der Waals surface area contributed by atoms with Gasteiger partial charge in [0.25, 0.3) is 0 Å². The molecule has 0 spiro atoms. The Bertz CT molecular complexity index is 358. The summed E-state index contributed by atoms with van der Waals surface area (Å²) in [5.74, 6) is 1.08. The number of ketones is 1. The molecule has 1 aromatic rings. The Hall–Kier alpha value is -1.51. The van der Waals surface area contributed by atoms with Gasteiger partial charge in [-0.2, -0.15) is 0 Å². The number of rotatable bonds is 1. The van der Waals surface area contributed by atoms with Crippen molar-refractivity contribution in [3.63, 3.8) is 0 Å². The standard InChI is InChI=1S/C10H10O3/c1-10(2)9(11)6-8(13-10)7-4-3-5-12-7/h3-6H,1-2H3. The highest BCUT2D eigenvalue weighted by Crippen LogP contribution is 2.30. The maximum Gasteiger partial charge on any atom is 0.202 e. The third kappa shape index (κ3) is 1.26. The van der Waals surface area contributed by atoms with Gasteiger partial charge in [-0.25, -0.2) is 0 Å². The van der Waals surface area contributed by atoms with Crippen LogP contribution >= 0.6 is 0 Å². The van der Waals surface area contributed by atoms with E-state index in [9.17, 15) is 4.79 Å². The molecule has 0 atom stereocenters. The molecule has 0 aliphatic carbocycles. The zero-order chi connectivity index (χ0) is 9.47. The predicted molar refractivity (Wildman–Crippen MR) is 46.9 cm³/mol. The molecule has 68 valence electrons. The highest BCUT2D eigenvalue weighted by Gasteiger charge is 2.36. The van der Waals surface area contributed by atoms with E-state index in [1.54, 1.807) is 32.2 Å². The fraction of sp³-hybridized carbons (Fsp3) is 0.300. The van der Waals surface area contributed by atoms with Crippen molar-refractivity contribution < 1.29 is 13.9 Å². The normalized spacial score (nSPS) is 19.8. The van der Waals surface area contributed by atoms with E-state index in [1.807, 2.05) is 0 Å². The van der Waals surface area contributed by atoms with E-state index >= 15 is 0 Å². The third-order valence-corrected chi connectivity index (χ3v) is 1.98. The maximum atomic E-state index is 11.4. The van der Waals surface area contributed by atoms with Gasteiger partial charge in [-0.05, 0) is 26.0 Å².